The zero-order valence-corrected chi connectivity index (χ0v) is 17.6. The molecule has 2 aromatic heterocycles. The molecule has 152 valence electrons. The van der Waals surface area contributed by atoms with Gasteiger partial charge in [-0.1, -0.05) is 37.7 Å². The lowest BCUT2D eigenvalue weighted by molar-refractivity contribution is 0.111. The third-order valence-corrected chi connectivity index (χ3v) is 6.23. The second-order valence-electron chi connectivity index (χ2n) is 7.85. The summed E-state index contributed by atoms with van der Waals surface area (Å²) in [6, 6.07) is 11.0. The molecule has 0 saturated heterocycles. The van der Waals surface area contributed by atoms with Gasteiger partial charge in [-0.05, 0) is 55.5 Å². The molecule has 2 heterocycles. The molecule has 1 saturated carbocycles. The maximum absolute atomic E-state index is 13.5. The quantitative estimate of drug-likeness (QED) is 0.430. The number of hydrogen-bond donors (Lipinski definition) is 1. The van der Waals surface area contributed by atoms with Gasteiger partial charge in [0.05, 0.1) is 17.5 Å². The van der Waals surface area contributed by atoms with E-state index in [9.17, 15) is 9.50 Å². The van der Waals surface area contributed by atoms with Gasteiger partial charge in [0.15, 0.2) is 5.16 Å². The van der Waals surface area contributed by atoms with E-state index in [2.05, 4.69) is 35.7 Å². The highest BCUT2D eigenvalue weighted by atomic mass is 32.2. The van der Waals surface area contributed by atoms with E-state index in [1.165, 1.54) is 12.1 Å². The van der Waals surface area contributed by atoms with Crippen LogP contribution in [-0.4, -0.2) is 31.0 Å². The van der Waals surface area contributed by atoms with Gasteiger partial charge >= 0.3 is 0 Å². The maximum Gasteiger partial charge on any atom is 0.188 e. The molecule has 0 unspecified atom stereocenters. The number of rotatable bonds is 5. The van der Waals surface area contributed by atoms with Crippen LogP contribution in [0.15, 0.2) is 53.9 Å². The second kappa shape index (κ2) is 8.67. The summed E-state index contributed by atoms with van der Waals surface area (Å²) in [6.07, 6.45) is 7.21. The van der Waals surface area contributed by atoms with Crippen molar-refractivity contribution in [1.82, 2.24) is 14.5 Å². The van der Waals surface area contributed by atoms with Gasteiger partial charge in [-0.15, -0.1) is 0 Å². The molecule has 3 aromatic rings. The van der Waals surface area contributed by atoms with Gasteiger partial charge in [0, 0.05) is 29.2 Å². The first-order chi connectivity index (χ1) is 14.0. The molecule has 1 aliphatic carbocycles. The second-order valence-corrected chi connectivity index (χ2v) is 9.39. The van der Waals surface area contributed by atoms with E-state index in [1.807, 2.05) is 24.4 Å². The van der Waals surface area contributed by atoms with Crippen molar-refractivity contribution in [2.45, 2.75) is 62.1 Å². The van der Waals surface area contributed by atoms with Crippen LogP contribution in [0.1, 0.15) is 45.6 Å². The smallest absolute Gasteiger partial charge is 0.188 e. The van der Waals surface area contributed by atoms with E-state index in [0.29, 0.717) is 11.3 Å². The van der Waals surface area contributed by atoms with Crippen molar-refractivity contribution in [2.24, 2.45) is 0 Å². The molecule has 1 fully saturated rings. The topological polar surface area (TPSA) is 50.9 Å². The van der Waals surface area contributed by atoms with Crippen LogP contribution >= 0.6 is 11.8 Å². The molecule has 29 heavy (non-hydrogen) atoms. The summed E-state index contributed by atoms with van der Waals surface area (Å²) in [7, 11) is 0. The lowest BCUT2D eigenvalue weighted by atomic mass is 9.92. The average molecular weight is 412 g/mol. The number of nitrogens with zero attached hydrogens (tertiary/aromatic N) is 3. The minimum atomic E-state index is -0.242. The minimum Gasteiger partial charge on any atom is -0.393 e. The lowest BCUT2D eigenvalue weighted by Gasteiger charge is -2.28. The summed E-state index contributed by atoms with van der Waals surface area (Å²) in [4.78, 5) is 9.25. The molecule has 1 aliphatic rings. The molecule has 0 atom stereocenters. The summed E-state index contributed by atoms with van der Waals surface area (Å²) in [6.45, 7) is 4.25. The van der Waals surface area contributed by atoms with E-state index >= 15 is 0 Å². The summed E-state index contributed by atoms with van der Waals surface area (Å²) in [5.41, 5.74) is 3.91. The van der Waals surface area contributed by atoms with Gasteiger partial charge in [-0.2, -0.15) is 0 Å². The van der Waals surface area contributed by atoms with Crippen LogP contribution in [0.5, 0.6) is 0 Å². The van der Waals surface area contributed by atoms with Gasteiger partial charge in [-0.3, -0.25) is 0 Å². The third kappa shape index (κ3) is 4.54. The largest absolute Gasteiger partial charge is 0.393 e. The van der Waals surface area contributed by atoms with Crippen molar-refractivity contribution in [3.8, 4) is 22.5 Å². The maximum atomic E-state index is 13.5. The van der Waals surface area contributed by atoms with E-state index in [-0.39, 0.29) is 11.9 Å². The van der Waals surface area contributed by atoms with Crippen LogP contribution in [0.3, 0.4) is 0 Å². The SMILES string of the molecule is CC(C)Sc1nccc(-c2c(-c3ccc(F)cc3)ccn2C2CCC(O)CC2)n1. The Labute approximate surface area is 175 Å². The van der Waals surface area contributed by atoms with Crippen LogP contribution in [0, 0.1) is 5.82 Å². The first-order valence-corrected chi connectivity index (χ1v) is 11.0. The number of benzene rings is 1. The highest BCUT2D eigenvalue weighted by Gasteiger charge is 2.25. The monoisotopic (exact) mass is 411 g/mol. The van der Waals surface area contributed by atoms with Gasteiger partial charge in [0.1, 0.15) is 5.82 Å². The van der Waals surface area contributed by atoms with E-state index in [1.54, 1.807) is 11.8 Å². The summed E-state index contributed by atoms with van der Waals surface area (Å²) in [5.74, 6) is -0.242. The molecule has 0 spiro atoms. The fourth-order valence-corrected chi connectivity index (χ4v) is 4.66. The van der Waals surface area contributed by atoms with Crippen molar-refractivity contribution in [3.63, 3.8) is 0 Å². The van der Waals surface area contributed by atoms with Gasteiger partial charge in [0.2, 0.25) is 0 Å². The van der Waals surface area contributed by atoms with Gasteiger partial charge in [0.25, 0.3) is 0 Å². The number of aliphatic hydroxyl groups is 1. The Morgan fingerprint density at radius 1 is 1.07 bits per heavy atom. The minimum absolute atomic E-state index is 0.199. The van der Waals surface area contributed by atoms with Crippen molar-refractivity contribution >= 4 is 11.8 Å². The molecule has 0 bridgehead atoms. The molecule has 4 rings (SSSR count). The first kappa shape index (κ1) is 20.1. The van der Waals surface area contributed by atoms with E-state index in [4.69, 9.17) is 4.98 Å². The van der Waals surface area contributed by atoms with Crippen molar-refractivity contribution in [1.29, 1.82) is 0 Å². The highest BCUT2D eigenvalue weighted by molar-refractivity contribution is 7.99. The lowest BCUT2D eigenvalue weighted by Crippen LogP contribution is -2.21. The third-order valence-electron chi connectivity index (χ3n) is 5.35. The van der Waals surface area contributed by atoms with Crippen LogP contribution in [0.25, 0.3) is 22.5 Å². The van der Waals surface area contributed by atoms with Gasteiger partial charge < -0.3 is 9.67 Å². The average Bonchev–Trinajstić information content (AvgIpc) is 3.14. The molecular formula is C23H26FN3OS. The van der Waals surface area contributed by atoms with E-state index in [0.717, 1.165) is 53.4 Å². The molecular weight excluding hydrogens is 385 g/mol. The molecule has 1 aromatic carbocycles. The highest BCUT2D eigenvalue weighted by Crippen LogP contribution is 2.39. The summed E-state index contributed by atoms with van der Waals surface area (Å²) in [5, 5.41) is 11.1. The van der Waals surface area contributed by atoms with Crippen LogP contribution in [0.4, 0.5) is 4.39 Å². The Morgan fingerprint density at radius 2 is 1.79 bits per heavy atom. The fraction of sp³-hybridized carbons (Fsp3) is 0.391. The van der Waals surface area contributed by atoms with Gasteiger partial charge in [-0.25, -0.2) is 14.4 Å². The Hall–Kier alpha value is -2.18. The number of halogens is 1. The standard InChI is InChI=1S/C23H26FN3OS/c1-15(2)29-23-25-13-11-21(26-23)22-20(16-3-5-17(24)6-4-16)12-14-27(22)18-7-9-19(28)10-8-18/h3-6,11-15,18-19,28H,7-10H2,1-2H3. The van der Waals surface area contributed by atoms with Crippen LogP contribution in [0.2, 0.25) is 0 Å². The number of thioether (sulfide) groups is 1. The molecule has 0 radical (unpaired) electrons. The summed E-state index contributed by atoms with van der Waals surface area (Å²) < 4.78 is 15.8. The Bertz CT molecular complexity index is 963. The Balaban J connectivity index is 1.80. The zero-order valence-electron chi connectivity index (χ0n) is 16.8. The van der Waals surface area contributed by atoms with Crippen molar-refractivity contribution < 1.29 is 9.50 Å². The zero-order chi connectivity index (χ0) is 20.4. The first-order valence-electron chi connectivity index (χ1n) is 10.2. The van der Waals surface area contributed by atoms with E-state index < -0.39 is 0 Å². The number of aliphatic hydroxyl groups excluding tert-OH is 1. The number of aromatic nitrogens is 3. The van der Waals surface area contributed by atoms with Crippen LogP contribution in [-0.2, 0) is 0 Å². The molecule has 0 aliphatic heterocycles. The molecule has 0 amide bonds. The van der Waals surface area contributed by atoms with Crippen molar-refractivity contribution in [2.75, 3.05) is 0 Å². The fourth-order valence-electron chi connectivity index (χ4n) is 3.96. The normalized spacial score (nSPS) is 19.6. The predicted octanol–water partition coefficient (Wildman–Crippen LogP) is 5.73. The van der Waals surface area contributed by atoms with Crippen LogP contribution < -0.4 is 0 Å². The summed E-state index contributed by atoms with van der Waals surface area (Å²) >= 11 is 1.64. The predicted molar refractivity (Wildman–Crippen MR) is 115 cm³/mol. The molecule has 6 heteroatoms. The molecule has 4 nitrogen and oxygen atoms in total. The molecule has 1 N–H and O–H groups in total. The van der Waals surface area contributed by atoms with Crippen molar-refractivity contribution in [3.05, 3.63) is 54.6 Å². The number of hydrogen-bond acceptors (Lipinski definition) is 4. The Morgan fingerprint density at radius 3 is 2.48 bits per heavy atom. The Kier molecular flexibility index (Phi) is 6.01.